The monoisotopic (exact) mass is 387 g/mol. The van der Waals surface area contributed by atoms with E-state index in [1.807, 2.05) is 18.2 Å². The molecular formula is C16H18N3NaO5S. The van der Waals surface area contributed by atoms with Crippen LogP contribution in [0.2, 0.25) is 0 Å². The van der Waals surface area contributed by atoms with Crippen LogP contribution in [-0.2, 0) is 16.8 Å². The summed E-state index contributed by atoms with van der Waals surface area (Å²) in [5.74, 6) is 0.298. The first-order valence-corrected chi connectivity index (χ1v) is 8.96. The molecule has 3 rings (SSSR count). The van der Waals surface area contributed by atoms with Gasteiger partial charge in [0.2, 0.25) is 0 Å². The van der Waals surface area contributed by atoms with Crippen molar-refractivity contribution >= 4 is 21.4 Å². The van der Waals surface area contributed by atoms with Crippen LogP contribution in [-0.4, -0.2) is 33.5 Å². The third-order valence-electron chi connectivity index (χ3n) is 3.30. The van der Waals surface area contributed by atoms with Gasteiger partial charge in [0, 0.05) is 0 Å². The van der Waals surface area contributed by atoms with E-state index in [1.165, 1.54) is 18.6 Å². The van der Waals surface area contributed by atoms with Crippen LogP contribution in [0, 0.1) is 0 Å². The van der Waals surface area contributed by atoms with E-state index in [0.717, 1.165) is 18.4 Å². The molecule has 0 aliphatic carbocycles. The molecule has 2 aromatic carbocycles. The van der Waals surface area contributed by atoms with E-state index in [4.69, 9.17) is 0 Å². The van der Waals surface area contributed by atoms with Gasteiger partial charge in [-0.2, -0.15) is 0 Å². The first-order valence-electron chi connectivity index (χ1n) is 7.62. The maximum absolute atomic E-state index is 10.3. The van der Waals surface area contributed by atoms with E-state index in [0.29, 0.717) is 11.3 Å². The van der Waals surface area contributed by atoms with Crippen LogP contribution in [0.1, 0.15) is 25.3 Å². The van der Waals surface area contributed by atoms with E-state index < -0.39 is 10.4 Å². The number of fused-ring (bicyclic) bond motifs is 1. The number of hydrogen-bond acceptors (Lipinski definition) is 7. The normalized spacial score (nSPS) is 10.5. The van der Waals surface area contributed by atoms with Crippen LogP contribution in [0.3, 0.4) is 0 Å². The minimum absolute atomic E-state index is 0. The third kappa shape index (κ3) is 6.93. The Balaban J connectivity index is 0.000000258. The number of para-hydroxylation sites is 1. The SMILES string of the molecule is CCCCc1ccccc1O.O=S(=O)([O-])Oc1cccc2[nH]nnc12.[Na+]. The number of nitrogens with zero attached hydrogens (tertiary/aromatic N) is 2. The fourth-order valence-electron chi connectivity index (χ4n) is 2.11. The standard InChI is InChI=1S/C10H14O.C6H5N3O4S.Na/c1-2-3-6-9-7-4-5-8-10(9)11;10-14(11,12)13-5-3-1-2-4-6(5)8-9-7-4;/h4-5,7-8,11H,2-3,6H2,1H3;1-3H,(H,7,8,9)(H,10,11,12);/q;;+1/p-1. The van der Waals surface area contributed by atoms with Crippen molar-refractivity contribution in [2.45, 2.75) is 26.2 Å². The van der Waals surface area contributed by atoms with Gasteiger partial charge in [0.25, 0.3) is 10.4 Å². The van der Waals surface area contributed by atoms with Crippen LogP contribution in [0.15, 0.2) is 42.5 Å². The molecule has 0 bridgehead atoms. The fraction of sp³-hybridized carbons (Fsp3) is 0.250. The van der Waals surface area contributed by atoms with Crippen molar-refractivity contribution < 1.29 is 51.8 Å². The van der Waals surface area contributed by atoms with Crippen LogP contribution < -0.4 is 33.7 Å². The van der Waals surface area contributed by atoms with Gasteiger partial charge >= 0.3 is 29.6 Å². The van der Waals surface area contributed by atoms with Gasteiger partial charge in [-0.3, -0.25) is 5.10 Å². The Hall–Kier alpha value is -1.65. The summed E-state index contributed by atoms with van der Waals surface area (Å²) < 4.78 is 35.2. The summed E-state index contributed by atoms with van der Waals surface area (Å²) in [5.41, 5.74) is 1.76. The number of aromatic amines is 1. The van der Waals surface area contributed by atoms with Gasteiger partial charge in [-0.25, -0.2) is 8.42 Å². The number of aryl methyl sites for hydroxylation is 1. The predicted molar refractivity (Wildman–Crippen MR) is 90.9 cm³/mol. The smallest absolute Gasteiger partial charge is 0.716 e. The number of benzene rings is 2. The Morgan fingerprint density at radius 1 is 1.19 bits per heavy atom. The molecule has 0 radical (unpaired) electrons. The second-order valence-electron chi connectivity index (χ2n) is 5.19. The summed E-state index contributed by atoms with van der Waals surface area (Å²) in [6, 6.07) is 12.0. The maximum atomic E-state index is 10.3. The average Bonchev–Trinajstić information content (AvgIpc) is 3.03. The molecule has 0 saturated carbocycles. The zero-order valence-electron chi connectivity index (χ0n) is 14.5. The molecular weight excluding hydrogens is 369 g/mol. The Labute approximate surface area is 173 Å². The minimum atomic E-state index is -4.78. The van der Waals surface area contributed by atoms with Crippen LogP contribution in [0.4, 0.5) is 0 Å². The summed E-state index contributed by atoms with van der Waals surface area (Å²) in [6.45, 7) is 2.15. The molecule has 8 nitrogen and oxygen atoms in total. The molecule has 134 valence electrons. The molecule has 0 fully saturated rings. The van der Waals surface area contributed by atoms with Gasteiger partial charge in [0.05, 0.1) is 5.52 Å². The molecule has 0 atom stereocenters. The third-order valence-corrected chi connectivity index (χ3v) is 3.69. The Morgan fingerprint density at radius 2 is 1.92 bits per heavy atom. The predicted octanol–water partition coefficient (Wildman–Crippen LogP) is -0.464. The molecule has 0 spiro atoms. The second kappa shape index (κ2) is 10.5. The number of aromatic hydroxyl groups is 1. The number of hydrogen-bond donors (Lipinski definition) is 2. The van der Waals surface area contributed by atoms with E-state index in [-0.39, 0.29) is 40.8 Å². The van der Waals surface area contributed by atoms with Crippen molar-refractivity contribution in [2.24, 2.45) is 0 Å². The van der Waals surface area contributed by atoms with Crippen molar-refractivity contribution in [3.8, 4) is 11.5 Å². The number of phenols is 1. The summed E-state index contributed by atoms with van der Waals surface area (Å²) in [6.07, 6.45) is 3.31. The molecule has 0 amide bonds. The Bertz CT molecular complexity index is 930. The zero-order chi connectivity index (χ0) is 18.3. The van der Waals surface area contributed by atoms with E-state index in [1.54, 1.807) is 12.1 Å². The summed E-state index contributed by atoms with van der Waals surface area (Å²) in [7, 11) is -4.78. The van der Waals surface area contributed by atoms with Crippen LogP contribution in [0.25, 0.3) is 11.0 Å². The molecule has 0 unspecified atom stereocenters. The van der Waals surface area contributed by atoms with Gasteiger partial charge in [0.1, 0.15) is 5.75 Å². The number of aromatic nitrogens is 3. The van der Waals surface area contributed by atoms with E-state index in [2.05, 4.69) is 26.5 Å². The number of phenolic OH excluding ortho intramolecular Hbond substituents is 1. The molecule has 0 aliphatic heterocycles. The van der Waals surface area contributed by atoms with Crippen molar-refractivity contribution in [1.82, 2.24) is 15.4 Å². The summed E-state index contributed by atoms with van der Waals surface area (Å²) >= 11 is 0. The fourth-order valence-corrected chi connectivity index (χ4v) is 2.47. The molecule has 26 heavy (non-hydrogen) atoms. The van der Waals surface area contributed by atoms with Crippen molar-refractivity contribution in [2.75, 3.05) is 0 Å². The van der Waals surface area contributed by atoms with Gasteiger partial charge < -0.3 is 13.8 Å². The summed E-state index contributed by atoms with van der Waals surface area (Å²) in [4.78, 5) is 0. The van der Waals surface area contributed by atoms with E-state index in [9.17, 15) is 18.1 Å². The van der Waals surface area contributed by atoms with Crippen molar-refractivity contribution in [1.29, 1.82) is 0 Å². The topological polar surface area (TPSA) is 128 Å². The number of nitrogens with one attached hydrogen (secondary N) is 1. The number of unbranched alkanes of at least 4 members (excludes halogenated alkanes) is 1. The minimum Gasteiger partial charge on any atom is -0.716 e. The second-order valence-corrected chi connectivity index (χ2v) is 6.17. The quantitative estimate of drug-likeness (QED) is 0.344. The first-order chi connectivity index (χ1) is 11.9. The van der Waals surface area contributed by atoms with Gasteiger partial charge in [-0.05, 0) is 36.6 Å². The van der Waals surface area contributed by atoms with E-state index >= 15 is 0 Å². The molecule has 1 heterocycles. The molecule has 3 aromatic rings. The average molecular weight is 387 g/mol. The van der Waals surface area contributed by atoms with Gasteiger partial charge in [0.15, 0.2) is 11.3 Å². The molecule has 1 aromatic heterocycles. The van der Waals surface area contributed by atoms with Crippen molar-refractivity contribution in [3.63, 3.8) is 0 Å². The maximum Gasteiger partial charge on any atom is 1.00 e. The number of rotatable bonds is 5. The molecule has 2 N–H and O–H groups in total. The molecule has 0 saturated heterocycles. The number of H-pyrrole nitrogens is 1. The van der Waals surface area contributed by atoms with Crippen molar-refractivity contribution in [3.05, 3.63) is 48.0 Å². The van der Waals surface area contributed by atoms with Crippen LogP contribution in [0.5, 0.6) is 11.5 Å². The first kappa shape index (κ1) is 22.4. The largest absolute Gasteiger partial charge is 1.00 e. The van der Waals surface area contributed by atoms with Gasteiger partial charge in [-0.15, -0.1) is 5.10 Å². The Kier molecular flexibility index (Phi) is 9.03. The Morgan fingerprint density at radius 3 is 2.58 bits per heavy atom. The van der Waals surface area contributed by atoms with Gasteiger partial charge in [-0.1, -0.05) is 42.8 Å². The summed E-state index contributed by atoms with van der Waals surface area (Å²) in [5, 5.41) is 18.9. The van der Waals surface area contributed by atoms with Crippen LogP contribution >= 0.6 is 0 Å². The molecule has 10 heteroatoms. The zero-order valence-corrected chi connectivity index (χ0v) is 17.4. The molecule has 0 aliphatic rings.